The van der Waals surface area contributed by atoms with Crippen LogP contribution in [0.4, 0.5) is 0 Å². The number of nitrogens with one attached hydrogen (secondary N) is 1. The average Bonchev–Trinajstić information content (AvgIpc) is 2.44. The topological polar surface area (TPSA) is 91.0 Å². The molecule has 0 aromatic rings. The predicted octanol–water partition coefficient (Wildman–Crippen LogP) is 1.39. The van der Waals surface area contributed by atoms with E-state index >= 15 is 0 Å². The Morgan fingerprint density at radius 2 is 2.05 bits per heavy atom. The van der Waals surface area contributed by atoms with Gasteiger partial charge in [0.2, 0.25) is 5.91 Å². The van der Waals surface area contributed by atoms with Crippen molar-refractivity contribution in [2.45, 2.75) is 53.0 Å². The Kier molecular flexibility index (Phi) is 8.22. The van der Waals surface area contributed by atoms with Crippen LogP contribution in [0.5, 0.6) is 0 Å². The monoisotopic (exact) mass is 286 g/mol. The average molecular weight is 286 g/mol. The highest BCUT2D eigenvalue weighted by atomic mass is 16.4. The number of unbranched alkanes of at least 4 members (excludes halogenated alkanes) is 1. The standard InChI is InChI=1S/C14H30N4O2/c1-6-14(4,12(15)17-20)13(19)16-9-7-8-10-18(5)11(2)3/h11,20H,6-10H2,1-5H3,(H2,15,17)(H,16,19). The molecule has 0 bridgehead atoms. The van der Waals surface area contributed by atoms with Crippen molar-refractivity contribution < 1.29 is 10.0 Å². The van der Waals surface area contributed by atoms with Gasteiger partial charge in [-0.1, -0.05) is 12.1 Å². The maximum atomic E-state index is 12.1. The first kappa shape index (κ1) is 18.7. The summed E-state index contributed by atoms with van der Waals surface area (Å²) in [6, 6.07) is 0.536. The number of carbonyl (C=O) groups is 1. The quantitative estimate of drug-likeness (QED) is 0.196. The lowest BCUT2D eigenvalue weighted by Gasteiger charge is -2.25. The number of oxime groups is 1. The molecule has 0 saturated carbocycles. The summed E-state index contributed by atoms with van der Waals surface area (Å²) < 4.78 is 0. The fraction of sp³-hybridized carbons (Fsp3) is 0.857. The molecule has 0 aromatic heterocycles. The van der Waals surface area contributed by atoms with Gasteiger partial charge in [0.1, 0.15) is 5.41 Å². The normalized spacial score (nSPS) is 15.4. The Morgan fingerprint density at radius 1 is 1.45 bits per heavy atom. The maximum Gasteiger partial charge on any atom is 0.233 e. The van der Waals surface area contributed by atoms with Crippen molar-refractivity contribution in [1.29, 1.82) is 0 Å². The van der Waals surface area contributed by atoms with E-state index < -0.39 is 5.41 Å². The summed E-state index contributed by atoms with van der Waals surface area (Å²) in [7, 11) is 2.09. The van der Waals surface area contributed by atoms with E-state index in [1.807, 2.05) is 6.92 Å². The van der Waals surface area contributed by atoms with Crippen molar-refractivity contribution in [1.82, 2.24) is 10.2 Å². The molecule has 1 atom stereocenters. The Balaban J connectivity index is 4.11. The third-order valence-corrected chi connectivity index (χ3v) is 3.99. The molecular weight excluding hydrogens is 256 g/mol. The number of nitrogens with zero attached hydrogens (tertiary/aromatic N) is 2. The minimum Gasteiger partial charge on any atom is -0.409 e. The van der Waals surface area contributed by atoms with Crippen LogP contribution < -0.4 is 11.1 Å². The van der Waals surface area contributed by atoms with Gasteiger partial charge < -0.3 is 21.2 Å². The van der Waals surface area contributed by atoms with E-state index in [0.29, 0.717) is 19.0 Å². The minimum absolute atomic E-state index is 0.0444. The fourth-order valence-electron chi connectivity index (χ4n) is 1.71. The van der Waals surface area contributed by atoms with E-state index in [4.69, 9.17) is 10.9 Å². The molecule has 118 valence electrons. The van der Waals surface area contributed by atoms with Crippen molar-refractivity contribution in [3.05, 3.63) is 0 Å². The van der Waals surface area contributed by atoms with Gasteiger partial charge in [-0.15, -0.1) is 0 Å². The van der Waals surface area contributed by atoms with Gasteiger partial charge in [0.05, 0.1) is 0 Å². The van der Waals surface area contributed by atoms with Crippen LogP contribution in [0.15, 0.2) is 5.16 Å². The Labute approximate surface area is 122 Å². The van der Waals surface area contributed by atoms with Crippen LogP contribution in [-0.2, 0) is 4.79 Å². The molecule has 0 aromatic carbocycles. The number of hydrogen-bond acceptors (Lipinski definition) is 4. The summed E-state index contributed by atoms with van der Waals surface area (Å²) in [5.41, 5.74) is 4.66. The molecular formula is C14H30N4O2. The maximum absolute atomic E-state index is 12.1. The lowest BCUT2D eigenvalue weighted by Crippen LogP contribution is -2.47. The summed E-state index contributed by atoms with van der Waals surface area (Å²) in [6.07, 6.45) is 2.44. The molecule has 0 rings (SSSR count). The molecule has 0 spiro atoms. The summed E-state index contributed by atoms with van der Waals surface area (Å²) in [4.78, 5) is 14.4. The smallest absolute Gasteiger partial charge is 0.233 e. The van der Waals surface area contributed by atoms with Gasteiger partial charge in [0.25, 0.3) is 0 Å². The van der Waals surface area contributed by atoms with Gasteiger partial charge in [-0.2, -0.15) is 0 Å². The molecule has 0 saturated heterocycles. The van der Waals surface area contributed by atoms with Crippen LogP contribution in [0.25, 0.3) is 0 Å². The van der Waals surface area contributed by atoms with E-state index in [0.717, 1.165) is 19.4 Å². The van der Waals surface area contributed by atoms with E-state index in [1.54, 1.807) is 6.92 Å². The highest BCUT2D eigenvalue weighted by molar-refractivity contribution is 6.06. The van der Waals surface area contributed by atoms with Crippen molar-refractivity contribution in [3.8, 4) is 0 Å². The van der Waals surface area contributed by atoms with Gasteiger partial charge in [0, 0.05) is 12.6 Å². The zero-order valence-corrected chi connectivity index (χ0v) is 13.4. The third-order valence-electron chi connectivity index (χ3n) is 3.99. The van der Waals surface area contributed by atoms with Crippen molar-refractivity contribution in [2.75, 3.05) is 20.1 Å². The number of amides is 1. The Morgan fingerprint density at radius 3 is 2.50 bits per heavy atom. The summed E-state index contributed by atoms with van der Waals surface area (Å²) >= 11 is 0. The first-order valence-corrected chi connectivity index (χ1v) is 7.26. The molecule has 0 heterocycles. The molecule has 0 fully saturated rings. The number of amidine groups is 1. The van der Waals surface area contributed by atoms with Crippen LogP contribution in [0.1, 0.15) is 47.0 Å². The highest BCUT2D eigenvalue weighted by Gasteiger charge is 2.35. The van der Waals surface area contributed by atoms with Gasteiger partial charge in [-0.25, -0.2) is 0 Å². The molecule has 1 unspecified atom stereocenters. The number of nitrogens with two attached hydrogens (primary N) is 1. The molecule has 6 heteroatoms. The highest BCUT2D eigenvalue weighted by Crippen LogP contribution is 2.21. The van der Waals surface area contributed by atoms with Crippen molar-refractivity contribution >= 4 is 11.7 Å². The van der Waals surface area contributed by atoms with E-state index in [-0.39, 0.29) is 11.7 Å². The van der Waals surface area contributed by atoms with E-state index in [2.05, 4.69) is 36.3 Å². The molecule has 0 aliphatic carbocycles. The largest absolute Gasteiger partial charge is 0.409 e. The van der Waals surface area contributed by atoms with Gasteiger partial charge in [0.15, 0.2) is 5.84 Å². The molecule has 1 amide bonds. The van der Waals surface area contributed by atoms with Crippen LogP contribution in [-0.4, -0.2) is 48.0 Å². The van der Waals surface area contributed by atoms with Crippen LogP contribution in [0.2, 0.25) is 0 Å². The van der Waals surface area contributed by atoms with Crippen molar-refractivity contribution in [3.63, 3.8) is 0 Å². The molecule has 4 N–H and O–H groups in total. The number of hydrogen-bond donors (Lipinski definition) is 3. The third kappa shape index (κ3) is 5.36. The minimum atomic E-state index is -0.941. The molecule has 0 radical (unpaired) electrons. The van der Waals surface area contributed by atoms with Gasteiger partial charge in [-0.05, 0) is 53.6 Å². The lowest BCUT2D eigenvalue weighted by molar-refractivity contribution is -0.127. The zero-order valence-electron chi connectivity index (χ0n) is 13.4. The van der Waals surface area contributed by atoms with E-state index in [9.17, 15) is 4.79 Å². The van der Waals surface area contributed by atoms with Crippen LogP contribution >= 0.6 is 0 Å². The Bertz CT molecular complexity index is 331. The summed E-state index contributed by atoms with van der Waals surface area (Å²) in [6.45, 7) is 9.47. The zero-order chi connectivity index (χ0) is 15.8. The second-order valence-corrected chi connectivity index (χ2v) is 5.71. The second kappa shape index (κ2) is 8.79. The number of rotatable bonds is 9. The van der Waals surface area contributed by atoms with E-state index in [1.165, 1.54) is 0 Å². The lowest BCUT2D eigenvalue weighted by atomic mass is 9.85. The fourth-order valence-corrected chi connectivity index (χ4v) is 1.71. The first-order valence-electron chi connectivity index (χ1n) is 7.26. The molecule has 6 nitrogen and oxygen atoms in total. The second-order valence-electron chi connectivity index (χ2n) is 5.71. The Hall–Kier alpha value is -1.30. The van der Waals surface area contributed by atoms with Gasteiger partial charge in [-0.3, -0.25) is 4.79 Å². The summed E-state index contributed by atoms with van der Waals surface area (Å²) in [5.74, 6) is -0.232. The number of carbonyl (C=O) groups excluding carboxylic acids is 1. The molecule has 0 aliphatic heterocycles. The first-order chi connectivity index (χ1) is 9.29. The SMILES string of the molecule is CCC(C)(C(=O)NCCCCN(C)C(C)C)C(N)=NO. The van der Waals surface area contributed by atoms with Gasteiger partial charge >= 0.3 is 0 Å². The molecule has 20 heavy (non-hydrogen) atoms. The summed E-state index contributed by atoms with van der Waals surface area (Å²) in [5, 5.41) is 14.6. The van der Waals surface area contributed by atoms with Crippen LogP contribution in [0.3, 0.4) is 0 Å². The molecule has 0 aliphatic rings. The van der Waals surface area contributed by atoms with Crippen molar-refractivity contribution in [2.24, 2.45) is 16.3 Å². The van der Waals surface area contributed by atoms with Crippen LogP contribution in [0, 0.1) is 5.41 Å². The predicted molar refractivity (Wildman–Crippen MR) is 81.8 cm³/mol.